The second-order valence-corrected chi connectivity index (χ2v) is 5.23. The summed E-state index contributed by atoms with van der Waals surface area (Å²) in [6.07, 6.45) is -4.55. The number of hydrogen-bond donors (Lipinski definition) is 1. The molecule has 2 N–H and O–H groups in total. The third kappa shape index (κ3) is 2.19. The van der Waals surface area contributed by atoms with Crippen LogP contribution < -0.4 is 5.73 Å². The maximum absolute atomic E-state index is 12.6. The van der Waals surface area contributed by atoms with Gasteiger partial charge in [-0.25, -0.2) is 0 Å². The van der Waals surface area contributed by atoms with E-state index in [1.54, 1.807) is 0 Å². The Bertz CT molecular complexity index is 544. The highest BCUT2D eigenvalue weighted by molar-refractivity contribution is 7.16. The average molecular weight is 279 g/mol. The van der Waals surface area contributed by atoms with E-state index in [-0.39, 0.29) is 16.8 Å². The van der Waals surface area contributed by atoms with Gasteiger partial charge in [-0.2, -0.15) is 22.8 Å². The molecule has 0 aromatic carbocycles. The first-order valence-electron chi connectivity index (χ1n) is 5.34. The summed E-state index contributed by atoms with van der Waals surface area (Å²) in [5.74, 6) is -0.967. The minimum Gasteiger partial charge on any atom is -0.330 e. The maximum atomic E-state index is 12.6. The lowest BCUT2D eigenvalue weighted by molar-refractivity contribution is -0.146. The molecule has 2 aromatic heterocycles. The number of halogens is 3. The Morgan fingerprint density at radius 2 is 2.00 bits per heavy atom. The molecule has 0 amide bonds. The van der Waals surface area contributed by atoms with E-state index in [0.29, 0.717) is 11.6 Å². The molecule has 0 aliphatic heterocycles. The van der Waals surface area contributed by atoms with E-state index in [2.05, 4.69) is 15.3 Å². The molecule has 2 rings (SSSR count). The molecule has 0 spiro atoms. The summed E-state index contributed by atoms with van der Waals surface area (Å²) in [6.45, 7) is 4.23. The lowest BCUT2D eigenvalue weighted by Crippen LogP contribution is -2.18. The fourth-order valence-electron chi connectivity index (χ4n) is 1.62. The lowest BCUT2D eigenvalue weighted by atomic mass is 9.97. The average Bonchev–Trinajstić information content (AvgIpc) is 2.74. The van der Waals surface area contributed by atoms with Gasteiger partial charge in [0.25, 0.3) is 5.82 Å². The predicted octanol–water partition coefficient (Wildman–Crippen LogP) is 1.90. The molecule has 0 saturated heterocycles. The molecular weight excluding hydrogens is 267 g/mol. The van der Waals surface area contributed by atoms with Crippen LogP contribution in [0.15, 0.2) is 0 Å². The lowest BCUT2D eigenvalue weighted by Gasteiger charge is -2.14. The minimum absolute atomic E-state index is 0.0715. The van der Waals surface area contributed by atoms with Crippen LogP contribution in [0.25, 0.3) is 4.96 Å². The Labute approximate surface area is 105 Å². The summed E-state index contributed by atoms with van der Waals surface area (Å²) in [5.41, 5.74) is 5.62. The molecule has 0 saturated carbocycles. The van der Waals surface area contributed by atoms with Crippen LogP contribution in [0.2, 0.25) is 0 Å². The van der Waals surface area contributed by atoms with E-state index in [1.165, 1.54) is 0 Å². The van der Waals surface area contributed by atoms with Crippen molar-refractivity contribution in [3.63, 3.8) is 0 Å². The van der Waals surface area contributed by atoms with E-state index in [4.69, 9.17) is 5.73 Å². The summed E-state index contributed by atoms with van der Waals surface area (Å²) in [4.78, 5) is 0.136. The van der Waals surface area contributed by atoms with E-state index in [9.17, 15) is 13.2 Å². The van der Waals surface area contributed by atoms with Crippen LogP contribution in [-0.4, -0.2) is 26.4 Å². The zero-order valence-electron chi connectivity index (χ0n) is 9.77. The molecule has 100 valence electrons. The smallest absolute Gasteiger partial charge is 0.330 e. The van der Waals surface area contributed by atoms with Gasteiger partial charge in [0.1, 0.15) is 5.01 Å². The van der Waals surface area contributed by atoms with Crippen molar-refractivity contribution < 1.29 is 13.2 Å². The number of rotatable bonds is 3. The van der Waals surface area contributed by atoms with Gasteiger partial charge >= 0.3 is 6.18 Å². The summed E-state index contributed by atoms with van der Waals surface area (Å²) >= 11 is 1.09. The Balaban J connectivity index is 2.48. The summed E-state index contributed by atoms with van der Waals surface area (Å²) in [5, 5.41) is 11.1. The Morgan fingerprint density at radius 1 is 1.33 bits per heavy atom. The van der Waals surface area contributed by atoms with Gasteiger partial charge in [-0.15, -0.1) is 10.2 Å². The van der Waals surface area contributed by atoms with E-state index >= 15 is 0 Å². The second kappa shape index (κ2) is 4.47. The van der Waals surface area contributed by atoms with Gasteiger partial charge in [0.15, 0.2) is 0 Å². The van der Waals surface area contributed by atoms with Crippen LogP contribution in [0.4, 0.5) is 13.2 Å². The Morgan fingerprint density at radius 3 is 2.50 bits per heavy atom. The zero-order valence-corrected chi connectivity index (χ0v) is 10.6. The van der Waals surface area contributed by atoms with E-state index in [1.807, 2.05) is 13.8 Å². The monoisotopic (exact) mass is 279 g/mol. The van der Waals surface area contributed by atoms with E-state index < -0.39 is 12.0 Å². The SMILES string of the molecule is CC(C)C(CN)c1nn2c(C(F)(F)F)nnc2s1. The number of hydrogen-bond acceptors (Lipinski definition) is 5. The van der Waals surface area contributed by atoms with E-state index in [0.717, 1.165) is 15.9 Å². The number of aromatic nitrogens is 4. The largest absolute Gasteiger partial charge is 0.453 e. The molecule has 2 heterocycles. The van der Waals surface area contributed by atoms with Gasteiger partial charge < -0.3 is 5.73 Å². The summed E-state index contributed by atoms with van der Waals surface area (Å²) in [6, 6.07) is 0. The highest BCUT2D eigenvalue weighted by Gasteiger charge is 2.38. The predicted molar refractivity (Wildman–Crippen MR) is 60.3 cm³/mol. The van der Waals surface area contributed by atoms with Crippen molar-refractivity contribution in [2.75, 3.05) is 6.54 Å². The molecule has 1 atom stereocenters. The highest BCUT2D eigenvalue weighted by atomic mass is 32.1. The van der Waals surface area contributed by atoms with Gasteiger partial charge in [0.2, 0.25) is 4.96 Å². The number of nitrogens with two attached hydrogens (primary N) is 1. The van der Waals surface area contributed by atoms with Crippen LogP contribution in [0.1, 0.15) is 30.6 Å². The highest BCUT2D eigenvalue weighted by Crippen LogP contribution is 2.32. The zero-order chi connectivity index (χ0) is 13.5. The maximum Gasteiger partial charge on any atom is 0.453 e. The Hall–Kier alpha value is -1.22. The van der Waals surface area contributed by atoms with Crippen LogP contribution >= 0.6 is 11.3 Å². The summed E-state index contributed by atoms with van der Waals surface area (Å²) in [7, 11) is 0. The van der Waals surface area contributed by atoms with Crippen LogP contribution in [-0.2, 0) is 6.18 Å². The molecule has 5 nitrogen and oxygen atoms in total. The molecule has 0 radical (unpaired) electrons. The van der Waals surface area contributed by atoms with Gasteiger partial charge in [0, 0.05) is 12.5 Å². The van der Waals surface area contributed by atoms with Crippen molar-refractivity contribution in [1.29, 1.82) is 0 Å². The molecular formula is C9H12F3N5S. The van der Waals surface area contributed by atoms with Gasteiger partial charge in [0.05, 0.1) is 0 Å². The van der Waals surface area contributed by atoms with Crippen molar-refractivity contribution in [1.82, 2.24) is 19.8 Å². The van der Waals surface area contributed by atoms with Crippen LogP contribution in [0, 0.1) is 5.92 Å². The van der Waals surface area contributed by atoms with Gasteiger partial charge in [-0.3, -0.25) is 0 Å². The fourth-order valence-corrected chi connectivity index (χ4v) is 2.74. The third-order valence-electron chi connectivity index (χ3n) is 2.64. The quantitative estimate of drug-likeness (QED) is 0.931. The molecule has 0 bridgehead atoms. The summed E-state index contributed by atoms with van der Waals surface area (Å²) < 4.78 is 38.6. The van der Waals surface area contributed by atoms with Crippen molar-refractivity contribution in [3.8, 4) is 0 Å². The normalized spacial score (nSPS) is 14.6. The second-order valence-electron chi connectivity index (χ2n) is 4.24. The minimum atomic E-state index is -4.55. The first-order valence-corrected chi connectivity index (χ1v) is 6.15. The first-order chi connectivity index (χ1) is 8.34. The number of nitrogens with zero attached hydrogens (tertiary/aromatic N) is 4. The topological polar surface area (TPSA) is 69.1 Å². The number of alkyl halides is 3. The van der Waals surface area contributed by atoms with Crippen molar-refractivity contribution in [2.45, 2.75) is 25.9 Å². The van der Waals surface area contributed by atoms with Crippen LogP contribution in [0.3, 0.4) is 0 Å². The fraction of sp³-hybridized carbons (Fsp3) is 0.667. The third-order valence-corrected chi connectivity index (χ3v) is 3.67. The van der Waals surface area contributed by atoms with Crippen molar-refractivity contribution in [2.24, 2.45) is 11.7 Å². The molecule has 1 unspecified atom stereocenters. The molecule has 2 aromatic rings. The van der Waals surface area contributed by atoms with Crippen molar-refractivity contribution >= 4 is 16.3 Å². The Kier molecular flexibility index (Phi) is 3.28. The molecule has 0 aliphatic carbocycles. The molecule has 18 heavy (non-hydrogen) atoms. The molecule has 0 aliphatic rings. The molecule has 9 heteroatoms. The van der Waals surface area contributed by atoms with Gasteiger partial charge in [-0.05, 0) is 5.92 Å². The standard InChI is InChI=1S/C9H12F3N5S/c1-4(2)5(3-13)6-16-17-7(9(10,11)12)14-15-8(17)18-6/h4-5H,3,13H2,1-2H3. The van der Waals surface area contributed by atoms with Gasteiger partial charge in [-0.1, -0.05) is 25.2 Å². The first kappa shape index (κ1) is 13.2. The molecule has 0 fully saturated rings. The van der Waals surface area contributed by atoms with Crippen LogP contribution in [0.5, 0.6) is 0 Å². The van der Waals surface area contributed by atoms with Crippen molar-refractivity contribution in [3.05, 3.63) is 10.8 Å². The number of fused-ring (bicyclic) bond motifs is 1.